The lowest BCUT2D eigenvalue weighted by Crippen LogP contribution is -3.00. The second-order valence-electron chi connectivity index (χ2n) is 3.52. The van der Waals surface area contributed by atoms with Crippen LogP contribution in [0.4, 0.5) is 0 Å². The second kappa shape index (κ2) is 7.27. The van der Waals surface area contributed by atoms with Gasteiger partial charge in [0.15, 0.2) is 12.4 Å². The lowest BCUT2D eigenvalue weighted by Gasteiger charge is -1.98. The zero-order chi connectivity index (χ0) is 11.4. The predicted octanol–water partition coefficient (Wildman–Crippen LogP) is -0.464. The lowest BCUT2D eigenvalue weighted by molar-refractivity contribution is -0.671. The molecule has 0 aromatic carbocycles. The van der Waals surface area contributed by atoms with Crippen molar-refractivity contribution in [3.8, 4) is 11.3 Å². The van der Waals surface area contributed by atoms with E-state index in [1.165, 1.54) is 11.7 Å². The van der Waals surface area contributed by atoms with Crippen LogP contribution in [0.5, 0.6) is 0 Å². The Bertz CT molecular complexity index is 473. The van der Waals surface area contributed by atoms with Crippen LogP contribution in [0, 0.1) is 0 Å². The van der Waals surface area contributed by atoms with Crippen molar-refractivity contribution in [3.05, 3.63) is 24.5 Å². The van der Waals surface area contributed by atoms with Crippen LogP contribution in [-0.2, 0) is 7.05 Å². The van der Waals surface area contributed by atoms with Crippen molar-refractivity contribution < 1.29 is 28.5 Å². The first-order chi connectivity index (χ1) is 7.81. The molecular formula is C11H14IN3S2. The predicted molar refractivity (Wildman–Crippen MR) is 67.5 cm³/mol. The number of pyridine rings is 1. The molecule has 2 rings (SSSR count). The first-order valence-electron chi connectivity index (χ1n) is 5.22. The van der Waals surface area contributed by atoms with E-state index in [9.17, 15) is 0 Å². The highest BCUT2D eigenvalue weighted by atomic mass is 127. The zero-order valence-corrected chi connectivity index (χ0v) is 13.6. The van der Waals surface area contributed by atoms with Gasteiger partial charge in [-0.25, -0.2) is 4.57 Å². The molecule has 2 heterocycles. The smallest absolute Gasteiger partial charge is 0.178 e. The van der Waals surface area contributed by atoms with E-state index in [0.29, 0.717) is 0 Å². The number of halogens is 1. The molecule has 3 nitrogen and oxygen atoms in total. The Hall–Kier alpha value is -0.210. The average Bonchev–Trinajstić information content (AvgIpc) is 2.74. The van der Waals surface area contributed by atoms with Gasteiger partial charge in [0.25, 0.3) is 0 Å². The van der Waals surface area contributed by atoms with Crippen LogP contribution in [0.1, 0.15) is 13.3 Å². The number of aryl methyl sites for hydroxylation is 1. The fourth-order valence-electron chi connectivity index (χ4n) is 1.38. The van der Waals surface area contributed by atoms with Crippen molar-refractivity contribution in [1.29, 1.82) is 0 Å². The van der Waals surface area contributed by atoms with Gasteiger partial charge in [0.1, 0.15) is 17.8 Å². The molecule has 0 aliphatic rings. The van der Waals surface area contributed by atoms with Gasteiger partial charge >= 0.3 is 0 Å². The molecule has 0 spiro atoms. The van der Waals surface area contributed by atoms with Crippen LogP contribution in [0.3, 0.4) is 0 Å². The fraction of sp³-hybridized carbons (Fsp3) is 0.364. The number of nitrogens with zero attached hydrogens (tertiary/aromatic N) is 3. The van der Waals surface area contributed by atoms with E-state index in [1.807, 2.05) is 23.9 Å². The number of aromatic nitrogens is 3. The molecule has 0 saturated carbocycles. The van der Waals surface area contributed by atoms with Crippen molar-refractivity contribution in [2.75, 3.05) is 5.75 Å². The van der Waals surface area contributed by atoms with Crippen LogP contribution < -0.4 is 28.5 Å². The standard InChI is InChI=1S/C11H14N3S2.HI/c1-3-7-15-11-10(12-16-13-11)9-5-4-6-14(2)8-9;/h4-6,8H,3,7H2,1-2H3;1H/q+1;/p-1. The minimum absolute atomic E-state index is 0. The van der Waals surface area contributed by atoms with Crippen molar-refractivity contribution in [3.63, 3.8) is 0 Å². The SMILES string of the molecule is CCCSc1nsnc1-c1ccc[n+](C)c1.[I-]. The van der Waals surface area contributed by atoms with E-state index >= 15 is 0 Å². The van der Waals surface area contributed by atoms with Crippen LogP contribution in [0.2, 0.25) is 0 Å². The third-order valence-electron chi connectivity index (χ3n) is 2.11. The first kappa shape index (κ1) is 14.8. The van der Waals surface area contributed by atoms with Gasteiger partial charge in [-0.05, 0) is 18.2 Å². The van der Waals surface area contributed by atoms with Crippen LogP contribution in [0.15, 0.2) is 29.6 Å². The van der Waals surface area contributed by atoms with E-state index < -0.39 is 0 Å². The Morgan fingerprint density at radius 1 is 1.41 bits per heavy atom. The molecule has 0 bridgehead atoms. The Kier molecular flexibility index (Phi) is 6.35. The highest BCUT2D eigenvalue weighted by Crippen LogP contribution is 2.28. The molecule has 2 aromatic heterocycles. The molecular weight excluding hydrogens is 365 g/mol. The molecule has 0 radical (unpaired) electrons. The topological polar surface area (TPSA) is 29.7 Å². The molecule has 0 amide bonds. The molecule has 0 aliphatic carbocycles. The largest absolute Gasteiger partial charge is 1.00 e. The summed E-state index contributed by atoms with van der Waals surface area (Å²) < 4.78 is 10.8. The normalized spacial score (nSPS) is 10.0. The number of thioether (sulfide) groups is 1. The molecule has 2 aromatic rings. The molecule has 0 fully saturated rings. The Morgan fingerprint density at radius 2 is 2.24 bits per heavy atom. The van der Waals surface area contributed by atoms with Crippen LogP contribution >= 0.6 is 23.5 Å². The van der Waals surface area contributed by atoms with Gasteiger partial charge in [-0.15, -0.1) is 11.8 Å². The quantitative estimate of drug-likeness (QED) is 0.409. The number of hydrogen-bond acceptors (Lipinski definition) is 4. The first-order valence-corrected chi connectivity index (χ1v) is 6.94. The summed E-state index contributed by atoms with van der Waals surface area (Å²) in [6, 6.07) is 4.11. The van der Waals surface area contributed by atoms with Gasteiger partial charge < -0.3 is 24.0 Å². The molecule has 0 saturated heterocycles. The maximum atomic E-state index is 4.38. The maximum absolute atomic E-state index is 4.38. The summed E-state index contributed by atoms with van der Waals surface area (Å²) in [5.74, 6) is 1.09. The Morgan fingerprint density at radius 3 is 2.94 bits per heavy atom. The summed E-state index contributed by atoms with van der Waals surface area (Å²) in [6.07, 6.45) is 5.25. The highest BCUT2D eigenvalue weighted by Gasteiger charge is 2.12. The number of rotatable bonds is 4. The van der Waals surface area contributed by atoms with Crippen molar-refractivity contribution in [2.24, 2.45) is 7.05 Å². The third-order valence-corrected chi connectivity index (χ3v) is 3.93. The molecule has 92 valence electrons. The molecule has 0 atom stereocenters. The third kappa shape index (κ3) is 3.89. The van der Waals surface area contributed by atoms with Gasteiger partial charge in [0.2, 0.25) is 0 Å². The van der Waals surface area contributed by atoms with Crippen LogP contribution in [0.25, 0.3) is 11.3 Å². The molecule has 0 N–H and O–H groups in total. The summed E-state index contributed by atoms with van der Waals surface area (Å²) in [7, 11) is 2.02. The van der Waals surface area contributed by atoms with E-state index in [2.05, 4.69) is 27.9 Å². The van der Waals surface area contributed by atoms with Crippen molar-refractivity contribution >= 4 is 23.5 Å². The van der Waals surface area contributed by atoms with E-state index in [4.69, 9.17) is 0 Å². The monoisotopic (exact) mass is 379 g/mol. The Balaban J connectivity index is 0.00000144. The van der Waals surface area contributed by atoms with Crippen LogP contribution in [-0.4, -0.2) is 14.5 Å². The summed E-state index contributed by atoms with van der Waals surface area (Å²) in [6.45, 7) is 2.18. The molecule has 6 heteroatoms. The number of hydrogen-bond donors (Lipinski definition) is 0. The van der Waals surface area contributed by atoms with Gasteiger partial charge in [0.05, 0.1) is 17.3 Å². The van der Waals surface area contributed by atoms with E-state index in [-0.39, 0.29) is 24.0 Å². The fourth-order valence-corrected chi connectivity index (χ4v) is 2.92. The lowest BCUT2D eigenvalue weighted by atomic mass is 10.2. The molecule has 17 heavy (non-hydrogen) atoms. The maximum Gasteiger partial charge on any atom is 0.178 e. The Labute approximate surface area is 127 Å². The van der Waals surface area contributed by atoms with Gasteiger partial charge in [-0.3, -0.25) is 0 Å². The minimum atomic E-state index is 0. The summed E-state index contributed by atoms with van der Waals surface area (Å²) in [5, 5.41) is 1.05. The van der Waals surface area contributed by atoms with E-state index in [1.54, 1.807) is 11.8 Å². The zero-order valence-electron chi connectivity index (χ0n) is 9.76. The van der Waals surface area contributed by atoms with Gasteiger partial charge in [-0.2, -0.15) is 8.75 Å². The van der Waals surface area contributed by atoms with Gasteiger partial charge in [-0.1, -0.05) is 6.92 Å². The molecule has 0 aliphatic heterocycles. The van der Waals surface area contributed by atoms with Gasteiger partial charge in [0, 0.05) is 6.07 Å². The van der Waals surface area contributed by atoms with Crippen molar-refractivity contribution in [1.82, 2.24) is 8.75 Å². The van der Waals surface area contributed by atoms with Crippen molar-refractivity contribution in [2.45, 2.75) is 18.4 Å². The summed E-state index contributed by atoms with van der Waals surface area (Å²) >= 11 is 3.07. The summed E-state index contributed by atoms with van der Waals surface area (Å²) in [5.41, 5.74) is 2.15. The van der Waals surface area contributed by atoms with E-state index in [0.717, 1.165) is 28.5 Å². The molecule has 0 unspecified atom stereocenters. The minimum Gasteiger partial charge on any atom is -1.00 e. The average molecular weight is 379 g/mol. The summed E-state index contributed by atoms with van der Waals surface area (Å²) in [4.78, 5) is 0. The highest BCUT2D eigenvalue weighted by molar-refractivity contribution is 7.99. The second-order valence-corrected chi connectivity index (χ2v) is 5.14.